The van der Waals surface area contributed by atoms with Gasteiger partial charge in [0.05, 0.1) is 0 Å². The Balaban J connectivity index is 2.01. The summed E-state index contributed by atoms with van der Waals surface area (Å²) in [5, 5.41) is 14.2. The molecule has 1 aromatic heterocycles. The van der Waals surface area contributed by atoms with Gasteiger partial charge in [-0.05, 0) is 40.2 Å². The number of hydrogen-bond donors (Lipinski definition) is 2. The van der Waals surface area contributed by atoms with Crippen LogP contribution in [0.5, 0.6) is 5.75 Å². The van der Waals surface area contributed by atoms with E-state index >= 15 is 0 Å². The molecule has 104 valence electrons. The van der Waals surface area contributed by atoms with Crippen LogP contribution in [0.2, 0.25) is 0 Å². The molecule has 21 heavy (non-hydrogen) atoms. The molecule has 1 amide bonds. The standard InChI is InChI=1S/C16H11BrN2O2/c17-12-6-3-9-18-15(12)16(21)19-13-7-1-5-11-10(13)4-2-8-14(11)20/h1-9,20H,(H,19,21). The van der Waals surface area contributed by atoms with Crippen molar-refractivity contribution in [2.45, 2.75) is 0 Å². The highest BCUT2D eigenvalue weighted by atomic mass is 79.9. The Bertz CT molecular complexity index is 833. The van der Waals surface area contributed by atoms with Gasteiger partial charge in [-0.3, -0.25) is 4.79 Å². The van der Waals surface area contributed by atoms with Gasteiger partial charge in [-0.15, -0.1) is 0 Å². The molecule has 0 saturated heterocycles. The second-order valence-electron chi connectivity index (χ2n) is 4.47. The molecule has 3 aromatic rings. The number of aromatic nitrogens is 1. The summed E-state index contributed by atoms with van der Waals surface area (Å²) in [5.74, 6) is -0.124. The molecule has 0 saturated carbocycles. The van der Waals surface area contributed by atoms with Crippen molar-refractivity contribution >= 4 is 38.3 Å². The number of halogens is 1. The summed E-state index contributed by atoms with van der Waals surface area (Å²) < 4.78 is 0.630. The quantitative estimate of drug-likeness (QED) is 0.741. The molecule has 0 unspecified atom stereocenters. The van der Waals surface area contributed by atoms with Crippen molar-refractivity contribution < 1.29 is 9.90 Å². The molecule has 5 heteroatoms. The van der Waals surface area contributed by atoms with Crippen molar-refractivity contribution in [3.05, 3.63) is 64.9 Å². The first-order valence-corrected chi connectivity index (χ1v) is 7.08. The number of aromatic hydroxyl groups is 1. The minimum absolute atomic E-state index is 0.183. The minimum Gasteiger partial charge on any atom is -0.507 e. The fourth-order valence-electron chi connectivity index (χ4n) is 2.14. The van der Waals surface area contributed by atoms with Gasteiger partial charge < -0.3 is 10.4 Å². The van der Waals surface area contributed by atoms with Crippen molar-refractivity contribution in [3.63, 3.8) is 0 Å². The summed E-state index contributed by atoms with van der Waals surface area (Å²) in [5.41, 5.74) is 0.945. The van der Waals surface area contributed by atoms with Crippen molar-refractivity contribution in [1.82, 2.24) is 4.98 Å². The van der Waals surface area contributed by atoms with Gasteiger partial charge in [0.1, 0.15) is 11.4 Å². The first-order chi connectivity index (χ1) is 10.2. The van der Waals surface area contributed by atoms with Crippen molar-refractivity contribution in [2.24, 2.45) is 0 Å². The maximum absolute atomic E-state index is 12.3. The average molecular weight is 343 g/mol. The highest BCUT2D eigenvalue weighted by molar-refractivity contribution is 9.10. The number of nitrogens with zero attached hydrogens (tertiary/aromatic N) is 1. The highest BCUT2D eigenvalue weighted by Gasteiger charge is 2.13. The summed E-state index contributed by atoms with van der Waals surface area (Å²) in [6.07, 6.45) is 1.56. The lowest BCUT2D eigenvalue weighted by molar-refractivity contribution is 0.102. The molecule has 0 spiro atoms. The molecule has 2 aromatic carbocycles. The van der Waals surface area contributed by atoms with E-state index in [0.29, 0.717) is 21.2 Å². The van der Waals surface area contributed by atoms with Crippen LogP contribution >= 0.6 is 15.9 Å². The molecule has 0 aliphatic heterocycles. The minimum atomic E-state index is -0.307. The van der Waals surface area contributed by atoms with Crippen LogP contribution < -0.4 is 5.32 Å². The molecule has 4 nitrogen and oxygen atoms in total. The van der Waals surface area contributed by atoms with Crippen LogP contribution in [0.25, 0.3) is 10.8 Å². The molecule has 0 fully saturated rings. The normalized spacial score (nSPS) is 10.5. The lowest BCUT2D eigenvalue weighted by Gasteiger charge is -2.10. The van der Waals surface area contributed by atoms with E-state index in [2.05, 4.69) is 26.2 Å². The zero-order valence-electron chi connectivity index (χ0n) is 10.9. The van der Waals surface area contributed by atoms with Gasteiger partial charge in [-0.2, -0.15) is 0 Å². The van der Waals surface area contributed by atoms with Crippen LogP contribution in [0.15, 0.2) is 59.2 Å². The van der Waals surface area contributed by atoms with Gasteiger partial charge in [0.2, 0.25) is 0 Å². The second kappa shape index (κ2) is 5.54. The average Bonchev–Trinajstić information content (AvgIpc) is 2.49. The first-order valence-electron chi connectivity index (χ1n) is 6.29. The molecule has 0 bridgehead atoms. The molecule has 0 aliphatic carbocycles. The van der Waals surface area contributed by atoms with E-state index < -0.39 is 0 Å². The Hall–Kier alpha value is -2.40. The maximum Gasteiger partial charge on any atom is 0.275 e. The lowest BCUT2D eigenvalue weighted by Crippen LogP contribution is -2.14. The number of benzene rings is 2. The van der Waals surface area contributed by atoms with Crippen LogP contribution in [-0.2, 0) is 0 Å². The SMILES string of the molecule is O=C(Nc1cccc2c(O)cccc12)c1ncccc1Br. The number of carbonyl (C=O) groups is 1. The van der Waals surface area contributed by atoms with Crippen LogP contribution in [0.4, 0.5) is 5.69 Å². The number of pyridine rings is 1. The smallest absolute Gasteiger partial charge is 0.275 e. The van der Waals surface area contributed by atoms with E-state index in [4.69, 9.17) is 0 Å². The number of phenols is 1. The predicted octanol–water partition coefficient (Wildman–Crippen LogP) is 3.96. The Labute approximate surface area is 129 Å². The zero-order valence-corrected chi connectivity index (χ0v) is 12.5. The van der Waals surface area contributed by atoms with Crippen LogP contribution in [-0.4, -0.2) is 16.0 Å². The topological polar surface area (TPSA) is 62.2 Å². The lowest BCUT2D eigenvalue weighted by atomic mass is 10.1. The van der Waals surface area contributed by atoms with Crippen LogP contribution in [0, 0.1) is 0 Å². The predicted molar refractivity (Wildman–Crippen MR) is 85.5 cm³/mol. The third-order valence-electron chi connectivity index (χ3n) is 3.12. The number of hydrogen-bond acceptors (Lipinski definition) is 3. The van der Waals surface area contributed by atoms with Crippen molar-refractivity contribution in [2.75, 3.05) is 5.32 Å². The van der Waals surface area contributed by atoms with Gasteiger partial charge in [0.25, 0.3) is 5.91 Å². The van der Waals surface area contributed by atoms with E-state index in [1.165, 1.54) is 0 Å². The van der Waals surface area contributed by atoms with Crippen LogP contribution in [0.1, 0.15) is 10.5 Å². The Kier molecular flexibility index (Phi) is 3.58. The summed E-state index contributed by atoms with van der Waals surface area (Å²) in [6.45, 7) is 0. The second-order valence-corrected chi connectivity index (χ2v) is 5.32. The largest absolute Gasteiger partial charge is 0.507 e. The number of nitrogens with one attached hydrogen (secondary N) is 1. The first kappa shape index (κ1) is 13.6. The van der Waals surface area contributed by atoms with E-state index in [1.54, 1.807) is 48.7 Å². The zero-order chi connectivity index (χ0) is 14.8. The molecule has 0 aliphatic rings. The third-order valence-corrected chi connectivity index (χ3v) is 3.76. The third kappa shape index (κ3) is 2.60. The maximum atomic E-state index is 12.3. The fraction of sp³-hybridized carbons (Fsp3) is 0. The molecule has 0 radical (unpaired) electrons. The number of fused-ring (bicyclic) bond motifs is 1. The summed E-state index contributed by atoms with van der Waals surface area (Å²) in [6, 6.07) is 14.1. The molecular weight excluding hydrogens is 332 g/mol. The number of amides is 1. The van der Waals surface area contributed by atoms with E-state index in [1.807, 2.05) is 6.07 Å². The Morgan fingerprint density at radius 2 is 1.81 bits per heavy atom. The molecule has 0 atom stereocenters. The summed E-state index contributed by atoms with van der Waals surface area (Å²) in [4.78, 5) is 16.4. The molecule has 1 heterocycles. The summed E-state index contributed by atoms with van der Waals surface area (Å²) >= 11 is 3.31. The van der Waals surface area contributed by atoms with Crippen LogP contribution in [0.3, 0.4) is 0 Å². The monoisotopic (exact) mass is 342 g/mol. The van der Waals surface area contributed by atoms with Crippen molar-refractivity contribution in [3.8, 4) is 5.75 Å². The number of rotatable bonds is 2. The van der Waals surface area contributed by atoms with E-state index in [9.17, 15) is 9.90 Å². The van der Waals surface area contributed by atoms with Gasteiger partial charge in [-0.25, -0.2) is 4.98 Å². The number of phenolic OH excluding ortho intramolecular Hbond substituents is 1. The molecular formula is C16H11BrN2O2. The van der Waals surface area contributed by atoms with E-state index in [0.717, 1.165) is 5.39 Å². The Morgan fingerprint density at radius 3 is 2.62 bits per heavy atom. The molecule has 2 N–H and O–H groups in total. The van der Waals surface area contributed by atoms with Gasteiger partial charge in [0, 0.05) is 27.1 Å². The summed E-state index contributed by atoms with van der Waals surface area (Å²) in [7, 11) is 0. The van der Waals surface area contributed by atoms with Crippen molar-refractivity contribution in [1.29, 1.82) is 0 Å². The molecule has 3 rings (SSSR count). The highest BCUT2D eigenvalue weighted by Crippen LogP contribution is 2.30. The number of carbonyl (C=O) groups excluding carboxylic acids is 1. The van der Waals surface area contributed by atoms with Gasteiger partial charge in [-0.1, -0.05) is 24.3 Å². The fourth-order valence-corrected chi connectivity index (χ4v) is 2.57. The Morgan fingerprint density at radius 1 is 1.05 bits per heavy atom. The number of anilines is 1. The van der Waals surface area contributed by atoms with Gasteiger partial charge in [0.15, 0.2) is 0 Å². The van der Waals surface area contributed by atoms with Gasteiger partial charge >= 0.3 is 0 Å². The van der Waals surface area contributed by atoms with E-state index in [-0.39, 0.29) is 11.7 Å².